The van der Waals surface area contributed by atoms with Gasteiger partial charge in [0.1, 0.15) is 0 Å². The monoisotopic (exact) mass is 248 g/mol. The van der Waals surface area contributed by atoms with E-state index in [0.29, 0.717) is 6.42 Å². The minimum atomic E-state index is -0.573. The van der Waals surface area contributed by atoms with Gasteiger partial charge in [-0.05, 0) is 48.8 Å². The Balaban J connectivity index is 2.01. The lowest BCUT2D eigenvalue weighted by Gasteiger charge is -2.18. The topological polar surface area (TPSA) is 46.5 Å². The maximum atomic E-state index is 11.0. The summed E-state index contributed by atoms with van der Waals surface area (Å²) < 4.78 is 4.58. The van der Waals surface area contributed by atoms with Crippen LogP contribution in [0.4, 0.5) is 0 Å². The molecule has 0 fully saturated rings. The lowest BCUT2D eigenvalue weighted by Crippen LogP contribution is -2.07. The molecule has 0 aromatic heterocycles. The molecule has 1 unspecified atom stereocenters. The Bertz CT molecular complexity index is 426. The summed E-state index contributed by atoms with van der Waals surface area (Å²) >= 11 is 0. The minimum Gasteiger partial charge on any atom is -0.469 e. The molecule has 1 aliphatic carbocycles. The van der Waals surface area contributed by atoms with Gasteiger partial charge in [-0.2, -0.15) is 0 Å². The normalized spacial score (nSPS) is 15.9. The molecule has 1 N–H and O–H groups in total. The Morgan fingerprint density at radius 1 is 1.33 bits per heavy atom. The molecule has 3 nitrogen and oxygen atoms in total. The standard InChI is InChI=1S/C15H20O3/c1-18-15(17)9-8-14(16)13-7-6-11-4-2-3-5-12(11)10-13/h6-7,10,14,16H,2-5,8-9H2,1H3. The zero-order valence-electron chi connectivity index (χ0n) is 10.8. The Labute approximate surface area is 108 Å². The second-order valence-electron chi connectivity index (χ2n) is 4.87. The van der Waals surface area contributed by atoms with Crippen molar-refractivity contribution in [2.24, 2.45) is 0 Å². The summed E-state index contributed by atoms with van der Waals surface area (Å²) in [7, 11) is 1.37. The lowest BCUT2D eigenvalue weighted by atomic mass is 9.89. The summed E-state index contributed by atoms with van der Waals surface area (Å²) in [6.07, 6.45) is 4.85. The van der Waals surface area contributed by atoms with E-state index in [-0.39, 0.29) is 12.4 Å². The molecule has 0 radical (unpaired) electrons. The quantitative estimate of drug-likeness (QED) is 0.833. The Morgan fingerprint density at radius 2 is 2.06 bits per heavy atom. The molecule has 1 atom stereocenters. The lowest BCUT2D eigenvalue weighted by molar-refractivity contribution is -0.141. The van der Waals surface area contributed by atoms with Gasteiger partial charge in [0.15, 0.2) is 0 Å². The number of hydrogen-bond donors (Lipinski definition) is 1. The summed E-state index contributed by atoms with van der Waals surface area (Å²) in [5.74, 6) is -0.271. The van der Waals surface area contributed by atoms with Gasteiger partial charge < -0.3 is 9.84 Å². The van der Waals surface area contributed by atoms with Crippen LogP contribution >= 0.6 is 0 Å². The predicted octanol–water partition coefficient (Wildman–Crippen LogP) is 2.55. The Morgan fingerprint density at radius 3 is 2.78 bits per heavy atom. The molecule has 18 heavy (non-hydrogen) atoms. The summed E-state index contributed by atoms with van der Waals surface area (Å²) in [5, 5.41) is 10.1. The molecule has 0 heterocycles. The highest BCUT2D eigenvalue weighted by molar-refractivity contribution is 5.69. The Kier molecular flexibility index (Phi) is 4.37. The van der Waals surface area contributed by atoms with Crippen molar-refractivity contribution < 1.29 is 14.6 Å². The fourth-order valence-electron chi connectivity index (χ4n) is 2.48. The predicted molar refractivity (Wildman–Crippen MR) is 69.3 cm³/mol. The number of aliphatic hydroxyl groups excluding tert-OH is 1. The number of methoxy groups -OCH3 is 1. The number of hydrogen-bond acceptors (Lipinski definition) is 3. The van der Waals surface area contributed by atoms with E-state index < -0.39 is 6.10 Å². The van der Waals surface area contributed by atoms with E-state index in [9.17, 15) is 9.90 Å². The first-order chi connectivity index (χ1) is 8.70. The number of fused-ring (bicyclic) bond motifs is 1. The number of aliphatic hydroxyl groups is 1. The van der Waals surface area contributed by atoms with Crippen LogP contribution in [0.3, 0.4) is 0 Å². The maximum Gasteiger partial charge on any atom is 0.305 e. The number of aryl methyl sites for hydroxylation is 2. The van der Waals surface area contributed by atoms with E-state index in [1.807, 2.05) is 6.07 Å². The van der Waals surface area contributed by atoms with E-state index in [0.717, 1.165) is 18.4 Å². The van der Waals surface area contributed by atoms with Gasteiger partial charge >= 0.3 is 5.97 Å². The second-order valence-corrected chi connectivity index (χ2v) is 4.87. The van der Waals surface area contributed by atoms with Crippen LogP contribution in [0, 0.1) is 0 Å². The van der Waals surface area contributed by atoms with Gasteiger partial charge in [-0.15, -0.1) is 0 Å². The maximum absolute atomic E-state index is 11.0. The molecule has 0 saturated carbocycles. The van der Waals surface area contributed by atoms with E-state index >= 15 is 0 Å². The summed E-state index contributed by atoms with van der Waals surface area (Å²) in [4.78, 5) is 11.0. The molecule has 1 aromatic carbocycles. The number of ether oxygens (including phenoxy) is 1. The van der Waals surface area contributed by atoms with Crippen molar-refractivity contribution in [2.45, 2.75) is 44.6 Å². The largest absolute Gasteiger partial charge is 0.469 e. The smallest absolute Gasteiger partial charge is 0.305 e. The Hall–Kier alpha value is -1.35. The average Bonchev–Trinajstić information content (AvgIpc) is 2.43. The van der Waals surface area contributed by atoms with E-state index in [2.05, 4.69) is 16.9 Å². The van der Waals surface area contributed by atoms with E-state index in [4.69, 9.17) is 0 Å². The first-order valence-electron chi connectivity index (χ1n) is 6.57. The molecule has 0 amide bonds. The first kappa shape index (κ1) is 13.1. The van der Waals surface area contributed by atoms with Gasteiger partial charge in [-0.1, -0.05) is 18.2 Å². The zero-order chi connectivity index (χ0) is 13.0. The van der Waals surface area contributed by atoms with Crippen molar-refractivity contribution in [2.75, 3.05) is 7.11 Å². The number of esters is 1. The fraction of sp³-hybridized carbons (Fsp3) is 0.533. The third-order valence-electron chi connectivity index (χ3n) is 3.61. The van der Waals surface area contributed by atoms with E-state index in [1.165, 1.54) is 31.1 Å². The first-order valence-corrected chi connectivity index (χ1v) is 6.57. The number of carbonyl (C=O) groups is 1. The third kappa shape index (κ3) is 3.10. The van der Waals surface area contributed by atoms with Crippen LogP contribution in [0.15, 0.2) is 18.2 Å². The van der Waals surface area contributed by atoms with Gasteiger partial charge in [-0.25, -0.2) is 0 Å². The zero-order valence-corrected chi connectivity index (χ0v) is 10.8. The van der Waals surface area contributed by atoms with Crippen molar-refractivity contribution >= 4 is 5.97 Å². The highest BCUT2D eigenvalue weighted by atomic mass is 16.5. The highest BCUT2D eigenvalue weighted by Crippen LogP contribution is 2.26. The minimum absolute atomic E-state index is 0.259. The second kappa shape index (κ2) is 6.01. The number of rotatable bonds is 4. The van der Waals surface area contributed by atoms with Crippen LogP contribution < -0.4 is 0 Å². The SMILES string of the molecule is COC(=O)CCC(O)c1ccc2c(c1)CCCC2. The van der Waals surface area contributed by atoms with Crippen molar-refractivity contribution in [3.63, 3.8) is 0 Å². The highest BCUT2D eigenvalue weighted by Gasteiger charge is 2.14. The molecule has 1 aliphatic rings. The van der Waals surface area contributed by atoms with Crippen molar-refractivity contribution in [1.29, 1.82) is 0 Å². The third-order valence-corrected chi connectivity index (χ3v) is 3.61. The molecular formula is C15H20O3. The van der Waals surface area contributed by atoms with Crippen LogP contribution in [0.1, 0.15) is 48.5 Å². The molecular weight excluding hydrogens is 228 g/mol. The summed E-state index contributed by atoms with van der Waals surface area (Å²) in [6.45, 7) is 0. The summed E-state index contributed by atoms with van der Waals surface area (Å²) in [6, 6.07) is 6.19. The van der Waals surface area contributed by atoms with Gasteiger partial charge in [0, 0.05) is 6.42 Å². The van der Waals surface area contributed by atoms with Crippen molar-refractivity contribution in [1.82, 2.24) is 0 Å². The van der Waals surface area contributed by atoms with Crippen LogP contribution in [-0.2, 0) is 22.4 Å². The molecule has 0 aliphatic heterocycles. The van der Waals surface area contributed by atoms with Crippen LogP contribution in [0.25, 0.3) is 0 Å². The molecule has 98 valence electrons. The van der Waals surface area contributed by atoms with Gasteiger partial charge in [0.2, 0.25) is 0 Å². The molecule has 0 bridgehead atoms. The number of carbonyl (C=O) groups excluding carboxylic acids is 1. The summed E-state index contributed by atoms with van der Waals surface area (Å²) in [5.41, 5.74) is 3.68. The van der Waals surface area contributed by atoms with Gasteiger partial charge in [0.05, 0.1) is 13.2 Å². The van der Waals surface area contributed by atoms with Crippen LogP contribution in [0.5, 0.6) is 0 Å². The van der Waals surface area contributed by atoms with Crippen molar-refractivity contribution in [3.05, 3.63) is 34.9 Å². The molecule has 3 heteroatoms. The van der Waals surface area contributed by atoms with Crippen molar-refractivity contribution in [3.8, 4) is 0 Å². The van der Waals surface area contributed by atoms with Gasteiger partial charge in [-0.3, -0.25) is 4.79 Å². The van der Waals surface area contributed by atoms with Gasteiger partial charge in [0.25, 0.3) is 0 Å². The molecule has 0 saturated heterocycles. The molecule has 1 aromatic rings. The van der Waals surface area contributed by atoms with E-state index in [1.54, 1.807) is 0 Å². The molecule has 2 rings (SSSR count). The van der Waals surface area contributed by atoms with Crippen LogP contribution in [0.2, 0.25) is 0 Å². The fourth-order valence-corrected chi connectivity index (χ4v) is 2.48. The average molecular weight is 248 g/mol. The molecule has 0 spiro atoms. The number of benzene rings is 1. The van der Waals surface area contributed by atoms with Crippen LogP contribution in [-0.4, -0.2) is 18.2 Å².